The van der Waals surface area contributed by atoms with Crippen molar-refractivity contribution >= 4 is 17.9 Å². The van der Waals surface area contributed by atoms with Gasteiger partial charge in [0.25, 0.3) is 0 Å². The fraction of sp³-hybridized carbons (Fsp3) is 0.932. The molecule has 0 N–H and O–H groups in total. The molecule has 6 nitrogen and oxygen atoms in total. The summed E-state index contributed by atoms with van der Waals surface area (Å²) in [7, 11) is 0. The van der Waals surface area contributed by atoms with E-state index in [4.69, 9.17) is 14.2 Å². The van der Waals surface area contributed by atoms with Crippen LogP contribution in [0.2, 0.25) is 0 Å². The van der Waals surface area contributed by atoms with Crippen molar-refractivity contribution in [3.63, 3.8) is 0 Å². The maximum Gasteiger partial charge on any atom is 0.306 e. The summed E-state index contributed by atoms with van der Waals surface area (Å²) in [5, 5.41) is 0. The number of hydrogen-bond donors (Lipinski definition) is 0. The van der Waals surface area contributed by atoms with Gasteiger partial charge < -0.3 is 14.2 Å². The Hall–Kier alpha value is -1.85. The first kappa shape index (κ1) is 77.2. The van der Waals surface area contributed by atoms with Crippen LogP contribution in [-0.2, 0) is 28.6 Å². The van der Waals surface area contributed by atoms with E-state index in [1.807, 2.05) is 0 Å². The lowest BCUT2D eigenvalue weighted by Gasteiger charge is -2.18. The maximum absolute atomic E-state index is 12.9. The molecule has 0 aliphatic heterocycles. The average Bonchev–Trinajstić information content (AvgIpc) is 3.45. The molecule has 0 saturated carbocycles. The second kappa shape index (κ2) is 68.6. The first-order valence-corrected chi connectivity index (χ1v) is 36.2. The second-order valence-corrected chi connectivity index (χ2v) is 24.9. The minimum atomic E-state index is -0.763. The number of carbonyl (C=O) groups is 3. The zero-order chi connectivity index (χ0) is 57.1. The molecule has 0 rings (SSSR count). The number of allylic oxidation sites excluding steroid dienone is 2. The number of esters is 3. The topological polar surface area (TPSA) is 78.9 Å². The Morgan fingerprint density at radius 1 is 0.241 bits per heavy atom. The zero-order valence-electron chi connectivity index (χ0n) is 53.9. The van der Waals surface area contributed by atoms with Crippen LogP contribution in [0.3, 0.4) is 0 Å². The summed E-state index contributed by atoms with van der Waals surface area (Å²) in [5.41, 5.74) is 0. The molecule has 0 aromatic carbocycles. The molecule has 0 fully saturated rings. The largest absolute Gasteiger partial charge is 0.462 e. The van der Waals surface area contributed by atoms with E-state index < -0.39 is 6.10 Å². The van der Waals surface area contributed by atoms with Crippen LogP contribution in [0.5, 0.6) is 0 Å². The Balaban J connectivity index is 3.97. The van der Waals surface area contributed by atoms with Gasteiger partial charge in [-0.05, 0) is 44.9 Å². The van der Waals surface area contributed by atoms with Gasteiger partial charge in [0, 0.05) is 19.3 Å². The lowest BCUT2D eigenvalue weighted by molar-refractivity contribution is -0.167. The van der Waals surface area contributed by atoms with Crippen LogP contribution in [0.25, 0.3) is 0 Å². The van der Waals surface area contributed by atoms with Crippen LogP contribution in [0.15, 0.2) is 12.2 Å². The first-order valence-electron chi connectivity index (χ1n) is 36.2. The molecule has 0 amide bonds. The van der Waals surface area contributed by atoms with Crippen LogP contribution in [0.1, 0.15) is 419 Å². The SMILES string of the molecule is CCCCCCCCCC/C=C\CCCCCCCCCCCCCCCCCCCCCCCCCC(=O)OCC(COC(=O)CCCCCCCCCCCC)OC(=O)CCCCCCCCCCCCCCCCCC. The maximum atomic E-state index is 12.9. The van der Waals surface area contributed by atoms with Gasteiger partial charge in [-0.3, -0.25) is 14.4 Å². The standard InChI is InChI=1S/C73H140O6/c1-4-7-10-13-16-19-22-24-26-28-29-30-31-32-33-34-35-36-37-38-39-40-41-42-43-44-45-46-48-49-51-54-57-60-63-66-72(75)78-69-70(68-77-71(74)65-62-59-56-53-21-18-15-12-9-6-3)79-73(76)67-64-61-58-55-52-50-47-27-25-23-20-17-14-11-8-5-2/h28-29,70H,4-27,30-69H2,1-3H3/b29-28-. The van der Waals surface area contributed by atoms with Crippen molar-refractivity contribution in [2.45, 2.75) is 425 Å². The fourth-order valence-electron chi connectivity index (χ4n) is 11.3. The normalized spacial score (nSPS) is 12.0. The quantitative estimate of drug-likeness (QED) is 0.0261. The lowest BCUT2D eigenvalue weighted by Crippen LogP contribution is -2.30. The van der Waals surface area contributed by atoms with E-state index in [0.717, 1.165) is 57.8 Å². The van der Waals surface area contributed by atoms with Crippen molar-refractivity contribution in [3.05, 3.63) is 12.2 Å². The minimum Gasteiger partial charge on any atom is -0.462 e. The molecule has 0 aromatic rings. The molecule has 1 unspecified atom stereocenters. The van der Waals surface area contributed by atoms with Gasteiger partial charge in [0.1, 0.15) is 13.2 Å². The lowest BCUT2D eigenvalue weighted by atomic mass is 10.0. The molecule has 0 bridgehead atoms. The Labute approximate surface area is 494 Å². The van der Waals surface area contributed by atoms with Crippen molar-refractivity contribution in [1.82, 2.24) is 0 Å². The van der Waals surface area contributed by atoms with Crippen LogP contribution in [0, 0.1) is 0 Å². The molecule has 6 heteroatoms. The molecule has 79 heavy (non-hydrogen) atoms. The highest BCUT2D eigenvalue weighted by Crippen LogP contribution is 2.19. The summed E-state index contributed by atoms with van der Waals surface area (Å²) < 4.78 is 16.9. The van der Waals surface area contributed by atoms with E-state index in [1.54, 1.807) is 0 Å². The van der Waals surface area contributed by atoms with Gasteiger partial charge in [-0.15, -0.1) is 0 Å². The molecule has 1 atom stereocenters. The third-order valence-electron chi connectivity index (χ3n) is 16.8. The number of carbonyl (C=O) groups excluding carboxylic acids is 3. The summed E-state index contributed by atoms with van der Waals surface area (Å²) in [5.74, 6) is -0.830. The fourth-order valence-corrected chi connectivity index (χ4v) is 11.3. The van der Waals surface area contributed by atoms with Crippen molar-refractivity contribution in [1.29, 1.82) is 0 Å². The monoisotopic (exact) mass is 1110 g/mol. The number of unbranched alkanes of at least 4 members (excludes halogenated alkanes) is 55. The highest BCUT2D eigenvalue weighted by Gasteiger charge is 2.19. The number of rotatable bonds is 68. The summed E-state index contributed by atoms with van der Waals surface area (Å²) in [4.78, 5) is 38.3. The molecule has 0 aliphatic rings. The summed E-state index contributed by atoms with van der Waals surface area (Å²) in [6.07, 6.45) is 82.8. The van der Waals surface area contributed by atoms with Crippen molar-refractivity contribution in [3.8, 4) is 0 Å². The second-order valence-electron chi connectivity index (χ2n) is 24.9. The first-order chi connectivity index (χ1) is 39.0. The highest BCUT2D eigenvalue weighted by molar-refractivity contribution is 5.71. The van der Waals surface area contributed by atoms with Gasteiger partial charge in [0.2, 0.25) is 0 Å². The molecular formula is C73H140O6. The third-order valence-corrected chi connectivity index (χ3v) is 16.8. The van der Waals surface area contributed by atoms with Crippen LogP contribution >= 0.6 is 0 Å². The van der Waals surface area contributed by atoms with Gasteiger partial charge >= 0.3 is 17.9 Å². The Morgan fingerprint density at radius 3 is 0.633 bits per heavy atom. The predicted molar refractivity (Wildman–Crippen MR) is 344 cm³/mol. The third kappa shape index (κ3) is 66.8. The van der Waals surface area contributed by atoms with E-state index in [0.29, 0.717) is 19.3 Å². The molecule has 0 spiro atoms. The van der Waals surface area contributed by atoms with Crippen LogP contribution in [0.4, 0.5) is 0 Å². The van der Waals surface area contributed by atoms with Crippen LogP contribution < -0.4 is 0 Å². The summed E-state index contributed by atoms with van der Waals surface area (Å²) >= 11 is 0. The van der Waals surface area contributed by atoms with Crippen molar-refractivity contribution < 1.29 is 28.6 Å². The minimum absolute atomic E-state index is 0.0619. The molecule has 468 valence electrons. The smallest absolute Gasteiger partial charge is 0.306 e. The highest BCUT2D eigenvalue weighted by atomic mass is 16.6. The Kier molecular flexibility index (Phi) is 67.0. The average molecular weight is 1110 g/mol. The summed E-state index contributed by atoms with van der Waals surface area (Å²) in [6, 6.07) is 0. The van der Waals surface area contributed by atoms with Gasteiger partial charge in [-0.1, -0.05) is 367 Å². The van der Waals surface area contributed by atoms with E-state index in [9.17, 15) is 14.4 Å². The molecule has 0 heterocycles. The molecule has 0 radical (unpaired) electrons. The van der Waals surface area contributed by atoms with Gasteiger partial charge in [-0.25, -0.2) is 0 Å². The molecule has 0 aliphatic carbocycles. The van der Waals surface area contributed by atoms with E-state index in [2.05, 4.69) is 32.9 Å². The van der Waals surface area contributed by atoms with Crippen molar-refractivity contribution in [2.75, 3.05) is 13.2 Å². The van der Waals surface area contributed by atoms with Gasteiger partial charge in [-0.2, -0.15) is 0 Å². The molecular weight excluding hydrogens is 973 g/mol. The van der Waals surface area contributed by atoms with Gasteiger partial charge in [0.05, 0.1) is 0 Å². The number of ether oxygens (including phenoxy) is 3. The predicted octanol–water partition coefficient (Wildman–Crippen LogP) is 24.8. The van der Waals surface area contributed by atoms with Crippen LogP contribution in [-0.4, -0.2) is 37.2 Å². The van der Waals surface area contributed by atoms with E-state index >= 15 is 0 Å². The number of hydrogen-bond acceptors (Lipinski definition) is 6. The van der Waals surface area contributed by atoms with E-state index in [1.165, 1.54) is 321 Å². The zero-order valence-corrected chi connectivity index (χ0v) is 53.9. The Bertz CT molecular complexity index is 1230. The van der Waals surface area contributed by atoms with E-state index in [-0.39, 0.29) is 31.1 Å². The molecule has 0 aromatic heterocycles. The molecule has 0 saturated heterocycles. The Morgan fingerprint density at radius 2 is 0.418 bits per heavy atom. The van der Waals surface area contributed by atoms with Gasteiger partial charge in [0.15, 0.2) is 6.10 Å². The van der Waals surface area contributed by atoms with Crippen molar-refractivity contribution in [2.24, 2.45) is 0 Å². The summed E-state index contributed by atoms with van der Waals surface area (Å²) in [6.45, 7) is 6.71.